The van der Waals surface area contributed by atoms with Crippen molar-refractivity contribution in [1.29, 1.82) is 0 Å². The molecular weight excluding hydrogens is 803 g/mol. The summed E-state index contributed by atoms with van der Waals surface area (Å²) in [6.07, 6.45) is 48.7. The predicted octanol–water partition coefficient (Wildman–Crippen LogP) is 14.3. The average molecular weight is 910 g/mol. The van der Waals surface area contributed by atoms with Crippen LogP contribution in [0, 0.1) is 0 Å². The summed E-state index contributed by atoms with van der Waals surface area (Å²) < 4.78 is 22.6. The molecule has 0 saturated carbocycles. The maximum absolute atomic E-state index is 12.8. The number of aliphatic carboxylic acids is 1. The lowest BCUT2D eigenvalue weighted by Gasteiger charge is -2.26. The van der Waals surface area contributed by atoms with E-state index >= 15 is 0 Å². The Hall–Kier alpha value is -1.71. The Kier molecular flexibility index (Phi) is 46.5. The van der Waals surface area contributed by atoms with Crippen LogP contribution in [0.1, 0.15) is 277 Å². The summed E-state index contributed by atoms with van der Waals surface area (Å²) in [4.78, 5) is 37.1. The highest BCUT2D eigenvalue weighted by molar-refractivity contribution is 5.70. The Morgan fingerprint density at radius 2 is 0.703 bits per heavy atom. The van der Waals surface area contributed by atoms with Crippen molar-refractivity contribution in [1.82, 2.24) is 0 Å². The van der Waals surface area contributed by atoms with Crippen molar-refractivity contribution >= 4 is 17.9 Å². The van der Waals surface area contributed by atoms with Crippen LogP contribution in [-0.4, -0.2) is 82.3 Å². The van der Waals surface area contributed by atoms with Crippen LogP contribution >= 0.6 is 0 Å². The number of rotatable bonds is 52. The lowest BCUT2D eigenvalue weighted by molar-refractivity contribution is -0.870. The van der Waals surface area contributed by atoms with E-state index in [1.54, 1.807) is 0 Å². The van der Waals surface area contributed by atoms with E-state index in [0.29, 0.717) is 17.4 Å². The Morgan fingerprint density at radius 3 is 1.00 bits per heavy atom. The molecule has 0 amide bonds. The summed E-state index contributed by atoms with van der Waals surface area (Å²) in [6, 6.07) is 0. The Morgan fingerprint density at radius 1 is 0.406 bits per heavy atom. The monoisotopic (exact) mass is 910 g/mol. The minimum Gasteiger partial charge on any atom is -0.545 e. The molecule has 0 heterocycles. The number of unbranched alkanes of at least 4 members (excludes halogenated alkanes) is 37. The molecule has 0 aromatic carbocycles. The number of carbonyl (C=O) groups excluding carboxylic acids is 3. The molecule has 0 aliphatic carbocycles. The second kappa shape index (κ2) is 47.8. The SMILES string of the molecule is CCCCCCCCCCCCCCCCCCCCCCCCCCCCCC(=O)OC(COC(=O)CCCCCCCCCCCCCC)COC(OCC[N+](C)(C)C)C(=O)[O-]. The fourth-order valence-corrected chi connectivity index (χ4v) is 8.30. The van der Waals surface area contributed by atoms with Gasteiger partial charge in [0.1, 0.15) is 13.2 Å². The van der Waals surface area contributed by atoms with E-state index in [1.807, 2.05) is 21.1 Å². The molecule has 0 rings (SSSR count). The van der Waals surface area contributed by atoms with Gasteiger partial charge in [0, 0.05) is 12.8 Å². The number of quaternary nitrogens is 1. The molecule has 9 nitrogen and oxygen atoms in total. The smallest absolute Gasteiger partial charge is 0.306 e. The Bertz CT molecular complexity index is 1020. The van der Waals surface area contributed by atoms with Gasteiger partial charge >= 0.3 is 11.9 Å². The molecule has 2 atom stereocenters. The normalized spacial score (nSPS) is 12.7. The van der Waals surface area contributed by atoms with Crippen molar-refractivity contribution in [3.63, 3.8) is 0 Å². The Labute approximate surface area is 396 Å². The molecular formula is C55H107NO8. The molecule has 0 bridgehead atoms. The fraction of sp³-hybridized carbons (Fsp3) is 0.945. The Balaban J connectivity index is 4.11. The predicted molar refractivity (Wildman–Crippen MR) is 265 cm³/mol. The lowest BCUT2D eigenvalue weighted by Crippen LogP contribution is -2.44. The first-order valence-electron chi connectivity index (χ1n) is 27.7. The van der Waals surface area contributed by atoms with Gasteiger partial charge in [0.05, 0.1) is 40.3 Å². The third kappa shape index (κ3) is 48.2. The molecule has 0 fully saturated rings. The van der Waals surface area contributed by atoms with Gasteiger partial charge in [-0.3, -0.25) is 9.59 Å². The van der Waals surface area contributed by atoms with Gasteiger partial charge in [-0.1, -0.05) is 251 Å². The van der Waals surface area contributed by atoms with Crippen molar-refractivity contribution in [3.8, 4) is 0 Å². The van der Waals surface area contributed by atoms with E-state index in [9.17, 15) is 19.5 Å². The number of hydrogen-bond acceptors (Lipinski definition) is 8. The summed E-state index contributed by atoms with van der Waals surface area (Å²) in [5.41, 5.74) is 0. The third-order valence-corrected chi connectivity index (χ3v) is 12.6. The van der Waals surface area contributed by atoms with Crippen molar-refractivity contribution in [2.24, 2.45) is 0 Å². The van der Waals surface area contributed by atoms with Gasteiger partial charge in [0.2, 0.25) is 0 Å². The molecule has 0 aliphatic rings. The summed E-state index contributed by atoms with van der Waals surface area (Å²) >= 11 is 0. The molecule has 0 N–H and O–H groups in total. The van der Waals surface area contributed by atoms with E-state index in [0.717, 1.165) is 38.5 Å². The molecule has 380 valence electrons. The first-order chi connectivity index (χ1) is 31.1. The quantitative estimate of drug-likeness (QED) is 0.0257. The second-order valence-electron chi connectivity index (χ2n) is 20.2. The highest BCUT2D eigenvalue weighted by Crippen LogP contribution is 2.18. The zero-order valence-electron chi connectivity index (χ0n) is 43.2. The highest BCUT2D eigenvalue weighted by Gasteiger charge is 2.22. The topological polar surface area (TPSA) is 111 Å². The zero-order valence-corrected chi connectivity index (χ0v) is 43.2. The number of hydrogen-bond donors (Lipinski definition) is 0. The van der Waals surface area contributed by atoms with Crippen LogP contribution in [0.2, 0.25) is 0 Å². The number of carboxylic acid groups (broad SMARTS) is 1. The minimum atomic E-state index is -1.61. The van der Waals surface area contributed by atoms with Crippen LogP contribution in [-0.2, 0) is 33.3 Å². The molecule has 0 saturated heterocycles. The number of ether oxygens (including phenoxy) is 4. The molecule has 0 aliphatic heterocycles. The number of carboxylic acids is 1. The highest BCUT2D eigenvalue weighted by atomic mass is 16.7. The van der Waals surface area contributed by atoms with E-state index in [4.69, 9.17) is 18.9 Å². The van der Waals surface area contributed by atoms with Crippen molar-refractivity contribution < 1.29 is 42.9 Å². The van der Waals surface area contributed by atoms with Crippen molar-refractivity contribution in [3.05, 3.63) is 0 Å². The fourth-order valence-electron chi connectivity index (χ4n) is 8.30. The molecule has 0 aromatic rings. The van der Waals surface area contributed by atoms with Crippen LogP contribution in [0.5, 0.6) is 0 Å². The minimum absolute atomic E-state index is 0.153. The second-order valence-corrected chi connectivity index (χ2v) is 20.2. The molecule has 0 aromatic heterocycles. The van der Waals surface area contributed by atoms with Gasteiger partial charge in [-0.25, -0.2) is 0 Å². The first-order valence-corrected chi connectivity index (χ1v) is 27.7. The van der Waals surface area contributed by atoms with E-state index in [1.165, 1.54) is 212 Å². The van der Waals surface area contributed by atoms with Crippen LogP contribution in [0.15, 0.2) is 0 Å². The van der Waals surface area contributed by atoms with Gasteiger partial charge < -0.3 is 33.3 Å². The average Bonchev–Trinajstić information content (AvgIpc) is 3.26. The van der Waals surface area contributed by atoms with Crippen LogP contribution < -0.4 is 5.11 Å². The van der Waals surface area contributed by atoms with Crippen LogP contribution in [0.3, 0.4) is 0 Å². The third-order valence-electron chi connectivity index (χ3n) is 12.6. The molecule has 0 radical (unpaired) electrons. The zero-order chi connectivity index (χ0) is 47.0. The number of carbonyl (C=O) groups is 3. The molecule has 0 spiro atoms. The summed E-state index contributed by atoms with van der Waals surface area (Å²) in [5.74, 6) is -2.26. The number of nitrogens with zero attached hydrogens (tertiary/aromatic N) is 1. The largest absolute Gasteiger partial charge is 0.545 e. The number of likely N-dealkylation sites (N-methyl/N-ethyl adjacent to an activating group) is 1. The van der Waals surface area contributed by atoms with Crippen LogP contribution in [0.25, 0.3) is 0 Å². The van der Waals surface area contributed by atoms with Crippen molar-refractivity contribution in [2.75, 3.05) is 47.5 Å². The summed E-state index contributed by atoms with van der Waals surface area (Å²) in [6.45, 7) is 4.79. The van der Waals surface area contributed by atoms with E-state index in [-0.39, 0.29) is 32.2 Å². The number of esters is 2. The summed E-state index contributed by atoms with van der Waals surface area (Å²) in [7, 11) is 5.93. The van der Waals surface area contributed by atoms with Gasteiger partial charge in [0.25, 0.3) is 0 Å². The maximum atomic E-state index is 12.8. The lowest BCUT2D eigenvalue weighted by atomic mass is 10.0. The van der Waals surface area contributed by atoms with E-state index in [2.05, 4.69) is 13.8 Å². The van der Waals surface area contributed by atoms with Gasteiger partial charge in [0.15, 0.2) is 12.4 Å². The maximum Gasteiger partial charge on any atom is 0.306 e. The van der Waals surface area contributed by atoms with Gasteiger partial charge in [-0.15, -0.1) is 0 Å². The van der Waals surface area contributed by atoms with Gasteiger partial charge in [-0.2, -0.15) is 0 Å². The first kappa shape index (κ1) is 62.3. The van der Waals surface area contributed by atoms with E-state index < -0.39 is 24.3 Å². The standard InChI is InChI=1S/C55H107NO8/c1-6-8-10-12-14-16-18-20-21-22-23-24-25-26-27-28-29-30-31-32-33-34-36-38-40-42-44-46-53(58)64-51(50-63-55(54(59)60)61-48-47-56(3,4)5)49-62-52(57)45-43-41-39-37-35-19-17-15-13-11-9-7-2/h51,55H,6-50H2,1-5H3. The molecule has 2 unspecified atom stereocenters. The molecule has 9 heteroatoms. The van der Waals surface area contributed by atoms with Crippen LogP contribution in [0.4, 0.5) is 0 Å². The summed E-state index contributed by atoms with van der Waals surface area (Å²) in [5, 5.41) is 11.7. The molecule has 64 heavy (non-hydrogen) atoms. The van der Waals surface area contributed by atoms with Gasteiger partial charge in [-0.05, 0) is 12.8 Å². The van der Waals surface area contributed by atoms with Crippen molar-refractivity contribution in [2.45, 2.75) is 289 Å².